The third-order valence-electron chi connectivity index (χ3n) is 4.65. The van der Waals surface area contributed by atoms with E-state index in [1.54, 1.807) is 7.11 Å². The highest BCUT2D eigenvalue weighted by molar-refractivity contribution is 8.17. The molecule has 3 heterocycles. The van der Waals surface area contributed by atoms with E-state index in [1.807, 2.05) is 51.2 Å². The van der Waals surface area contributed by atoms with Crippen LogP contribution in [0.3, 0.4) is 0 Å². The van der Waals surface area contributed by atoms with Crippen molar-refractivity contribution in [3.63, 3.8) is 0 Å². The normalized spacial score (nSPS) is 37.2. The molecule has 0 bridgehead atoms. The lowest BCUT2D eigenvalue weighted by Crippen LogP contribution is -2.47. The van der Waals surface area contributed by atoms with Crippen molar-refractivity contribution >= 4 is 23.5 Å². The Morgan fingerprint density at radius 3 is 2.56 bits per heavy atom. The molecule has 25 heavy (non-hydrogen) atoms. The fourth-order valence-corrected chi connectivity index (χ4v) is 6.29. The number of methoxy groups -OCH3 is 1. The van der Waals surface area contributed by atoms with Crippen LogP contribution in [0, 0.1) is 0 Å². The zero-order chi connectivity index (χ0) is 18.2. The van der Waals surface area contributed by atoms with Crippen molar-refractivity contribution in [2.75, 3.05) is 18.6 Å². The zero-order valence-corrected chi connectivity index (χ0v) is 17.2. The van der Waals surface area contributed by atoms with Gasteiger partial charge in [-0.05, 0) is 52.0 Å². The summed E-state index contributed by atoms with van der Waals surface area (Å²) in [5.41, 5.74) is 0. The third kappa shape index (κ3) is 4.85. The van der Waals surface area contributed by atoms with Gasteiger partial charge in [0, 0.05) is 7.11 Å². The number of ether oxygens (including phenoxy) is 5. The lowest BCUT2D eigenvalue weighted by atomic mass is 10.0. The molecule has 1 N–H and O–H groups in total. The second kappa shape index (κ2) is 7.83. The minimum absolute atomic E-state index is 0.379. The van der Waals surface area contributed by atoms with E-state index in [9.17, 15) is 5.11 Å². The smallest absolute Gasteiger partial charge is 0.190 e. The first kappa shape index (κ1) is 20.2. The number of hydrogen-bond donors (Lipinski definition) is 1. The summed E-state index contributed by atoms with van der Waals surface area (Å²) < 4.78 is 29.8. The van der Waals surface area contributed by atoms with Crippen LogP contribution in [-0.4, -0.2) is 70.6 Å². The van der Waals surface area contributed by atoms with Crippen LogP contribution in [0.2, 0.25) is 0 Å². The molecular formula is C17H30O6S2. The largest absolute Gasteiger partial charge is 0.390 e. The Labute approximate surface area is 158 Å². The molecule has 6 nitrogen and oxygen atoms in total. The van der Waals surface area contributed by atoms with Crippen molar-refractivity contribution in [3.8, 4) is 0 Å². The number of fused-ring (bicyclic) bond motifs is 1. The van der Waals surface area contributed by atoms with Crippen molar-refractivity contribution in [2.45, 2.75) is 87.4 Å². The molecule has 5 atom stereocenters. The quantitative estimate of drug-likeness (QED) is 0.690. The van der Waals surface area contributed by atoms with Crippen LogP contribution < -0.4 is 0 Å². The summed E-state index contributed by atoms with van der Waals surface area (Å²) in [6.07, 6.45) is -0.595. The summed E-state index contributed by atoms with van der Waals surface area (Å²) >= 11 is 3.82. The molecule has 0 aromatic heterocycles. The van der Waals surface area contributed by atoms with Gasteiger partial charge < -0.3 is 28.8 Å². The molecule has 1 unspecified atom stereocenters. The lowest BCUT2D eigenvalue weighted by molar-refractivity contribution is -0.273. The van der Waals surface area contributed by atoms with Crippen LogP contribution in [0.4, 0.5) is 0 Å². The topological polar surface area (TPSA) is 66.4 Å². The second-order valence-electron chi connectivity index (χ2n) is 7.58. The Kier molecular flexibility index (Phi) is 6.33. The zero-order valence-electron chi connectivity index (χ0n) is 15.6. The maximum atomic E-state index is 10.8. The Morgan fingerprint density at radius 2 is 1.92 bits per heavy atom. The maximum absolute atomic E-state index is 10.8. The van der Waals surface area contributed by atoms with Gasteiger partial charge >= 0.3 is 0 Å². The molecule has 3 aliphatic rings. The van der Waals surface area contributed by atoms with Gasteiger partial charge in [-0.25, -0.2) is 0 Å². The van der Waals surface area contributed by atoms with Gasteiger partial charge in [0.2, 0.25) is 0 Å². The second-order valence-corrected chi connectivity index (χ2v) is 10.5. The predicted octanol–water partition coefficient (Wildman–Crippen LogP) is 2.58. The van der Waals surface area contributed by atoms with E-state index < -0.39 is 36.2 Å². The van der Waals surface area contributed by atoms with E-state index in [2.05, 4.69) is 0 Å². The molecule has 0 aliphatic carbocycles. The highest BCUT2D eigenvalue weighted by Crippen LogP contribution is 2.43. The van der Waals surface area contributed by atoms with Crippen LogP contribution in [-0.2, 0) is 23.7 Å². The average Bonchev–Trinajstić information content (AvgIpc) is 3.01. The molecule has 0 aromatic carbocycles. The van der Waals surface area contributed by atoms with Gasteiger partial charge in [-0.2, -0.15) is 0 Å². The monoisotopic (exact) mass is 394 g/mol. The van der Waals surface area contributed by atoms with Crippen molar-refractivity contribution in [1.29, 1.82) is 0 Å². The van der Waals surface area contributed by atoms with Crippen LogP contribution in [0.25, 0.3) is 0 Å². The van der Waals surface area contributed by atoms with E-state index in [0.29, 0.717) is 11.0 Å². The molecule has 146 valence electrons. The van der Waals surface area contributed by atoms with E-state index in [0.717, 1.165) is 11.5 Å². The molecule has 3 aliphatic heterocycles. The van der Waals surface area contributed by atoms with Crippen molar-refractivity contribution < 1.29 is 28.8 Å². The van der Waals surface area contributed by atoms with E-state index >= 15 is 0 Å². The van der Waals surface area contributed by atoms with E-state index in [1.165, 1.54) is 6.42 Å². The van der Waals surface area contributed by atoms with E-state index in [-0.39, 0.29) is 6.10 Å². The number of hydrogen-bond acceptors (Lipinski definition) is 8. The van der Waals surface area contributed by atoms with Crippen LogP contribution in [0.15, 0.2) is 0 Å². The molecule has 0 radical (unpaired) electrons. The van der Waals surface area contributed by atoms with Crippen LogP contribution in [0.5, 0.6) is 0 Å². The number of thioether (sulfide) groups is 2. The van der Waals surface area contributed by atoms with Crippen molar-refractivity contribution in [1.82, 2.24) is 0 Å². The molecule has 0 aromatic rings. The first-order valence-corrected chi connectivity index (χ1v) is 11.0. The predicted molar refractivity (Wildman–Crippen MR) is 98.6 cm³/mol. The standard InChI is InChI=1S/C17H30O6S2/c1-16(2,19-5)21-13-12(10(18)9-11-24-7-6-8-25-11)20-15-14(13)22-17(3,4)23-15/h10-15,18H,6-9H2,1-5H3/t10?,12-,13+,14-,15-/m1/s1. The van der Waals surface area contributed by atoms with Crippen molar-refractivity contribution in [2.24, 2.45) is 0 Å². The fraction of sp³-hybridized carbons (Fsp3) is 1.00. The molecule has 0 spiro atoms. The van der Waals surface area contributed by atoms with Crippen LogP contribution >= 0.6 is 23.5 Å². The minimum atomic E-state index is -0.800. The molecule has 3 fully saturated rings. The Hall–Kier alpha value is 0.460. The molecular weight excluding hydrogens is 364 g/mol. The van der Waals surface area contributed by atoms with Crippen molar-refractivity contribution in [3.05, 3.63) is 0 Å². The highest BCUT2D eigenvalue weighted by Gasteiger charge is 2.58. The Bertz CT molecular complexity index is 454. The van der Waals surface area contributed by atoms with Gasteiger partial charge in [0.25, 0.3) is 0 Å². The molecule has 8 heteroatoms. The Morgan fingerprint density at radius 1 is 1.24 bits per heavy atom. The highest BCUT2D eigenvalue weighted by atomic mass is 32.2. The molecule has 3 rings (SSSR count). The molecule has 0 saturated carbocycles. The number of aliphatic hydroxyl groups is 1. The van der Waals surface area contributed by atoms with Gasteiger partial charge in [-0.3, -0.25) is 0 Å². The summed E-state index contributed by atoms with van der Waals surface area (Å²) in [5.74, 6) is 0.779. The number of aliphatic hydroxyl groups excluding tert-OH is 1. The van der Waals surface area contributed by atoms with Gasteiger partial charge in [-0.15, -0.1) is 23.5 Å². The fourth-order valence-electron chi connectivity index (χ4n) is 3.33. The Balaban J connectivity index is 1.70. The summed E-state index contributed by atoms with van der Waals surface area (Å²) in [4.78, 5) is 0. The minimum Gasteiger partial charge on any atom is -0.390 e. The number of rotatable bonds is 6. The van der Waals surface area contributed by atoms with Gasteiger partial charge in [-0.1, -0.05) is 0 Å². The van der Waals surface area contributed by atoms with E-state index in [4.69, 9.17) is 23.7 Å². The lowest BCUT2D eigenvalue weighted by Gasteiger charge is -2.35. The van der Waals surface area contributed by atoms with Gasteiger partial charge in [0.05, 0.1) is 10.7 Å². The molecule has 3 saturated heterocycles. The summed E-state index contributed by atoms with van der Waals surface area (Å²) in [7, 11) is 1.60. The van der Waals surface area contributed by atoms with Gasteiger partial charge in [0.1, 0.15) is 18.3 Å². The summed E-state index contributed by atoms with van der Waals surface area (Å²) in [5, 5.41) is 10.8. The average molecular weight is 395 g/mol. The first-order valence-electron chi connectivity index (χ1n) is 8.86. The van der Waals surface area contributed by atoms with Gasteiger partial charge in [0.15, 0.2) is 17.9 Å². The first-order chi connectivity index (χ1) is 11.7. The maximum Gasteiger partial charge on any atom is 0.190 e. The van der Waals surface area contributed by atoms with Crippen LogP contribution in [0.1, 0.15) is 40.5 Å². The summed E-state index contributed by atoms with van der Waals surface area (Å²) in [6.45, 7) is 7.40. The third-order valence-corrected chi connectivity index (χ3v) is 7.64. The molecule has 0 amide bonds. The SMILES string of the molecule is COC(C)(C)O[C@@H]1[C@H]2OC(C)(C)O[C@H]2O[C@@H]1C(O)CC1SCCCS1. The summed E-state index contributed by atoms with van der Waals surface area (Å²) in [6, 6.07) is 0.